The number of carbonyl (C=O) groups is 1. The molecular weight excluding hydrogens is 282 g/mol. The molecular formula is C16H21N3O3. The molecule has 3 rings (SSSR count). The minimum Gasteiger partial charge on any atom is -0.469 e. The molecule has 1 amide bonds. The van der Waals surface area contributed by atoms with E-state index in [2.05, 4.69) is 9.55 Å². The van der Waals surface area contributed by atoms with E-state index in [0.29, 0.717) is 31.9 Å². The number of hydrogen-bond donors (Lipinski definition) is 0. The van der Waals surface area contributed by atoms with E-state index in [4.69, 9.17) is 9.15 Å². The van der Waals surface area contributed by atoms with Crippen molar-refractivity contribution in [3.8, 4) is 0 Å². The molecule has 0 radical (unpaired) electrons. The first-order valence-electron chi connectivity index (χ1n) is 7.64. The largest absolute Gasteiger partial charge is 0.469 e. The maximum Gasteiger partial charge on any atom is 0.230 e. The van der Waals surface area contributed by atoms with Crippen molar-refractivity contribution in [2.75, 3.05) is 13.2 Å². The fourth-order valence-electron chi connectivity index (χ4n) is 2.89. The van der Waals surface area contributed by atoms with E-state index in [0.717, 1.165) is 18.1 Å². The summed E-state index contributed by atoms with van der Waals surface area (Å²) < 4.78 is 12.9. The van der Waals surface area contributed by atoms with Crippen LogP contribution in [-0.2, 0) is 29.1 Å². The van der Waals surface area contributed by atoms with Crippen molar-refractivity contribution in [2.24, 2.45) is 0 Å². The topological polar surface area (TPSA) is 60.5 Å². The van der Waals surface area contributed by atoms with Gasteiger partial charge in [0.15, 0.2) is 0 Å². The third-order valence-corrected chi connectivity index (χ3v) is 4.05. The number of amides is 1. The maximum absolute atomic E-state index is 12.5. The number of imidazole rings is 1. The first-order valence-corrected chi connectivity index (χ1v) is 7.64. The number of fused-ring (bicyclic) bond motifs is 1. The van der Waals surface area contributed by atoms with E-state index in [-0.39, 0.29) is 11.9 Å². The number of aromatic nitrogens is 2. The zero-order valence-electron chi connectivity index (χ0n) is 13.0. The molecule has 0 aliphatic carbocycles. The molecule has 6 heteroatoms. The van der Waals surface area contributed by atoms with Gasteiger partial charge < -0.3 is 18.6 Å². The Morgan fingerprint density at radius 1 is 1.50 bits per heavy atom. The second-order valence-corrected chi connectivity index (χ2v) is 5.42. The minimum atomic E-state index is -0.0356. The summed E-state index contributed by atoms with van der Waals surface area (Å²) in [5.74, 6) is 1.69. The van der Waals surface area contributed by atoms with E-state index in [1.54, 1.807) is 12.3 Å². The van der Waals surface area contributed by atoms with Gasteiger partial charge >= 0.3 is 0 Å². The second kappa shape index (κ2) is 6.36. The zero-order valence-corrected chi connectivity index (χ0v) is 13.0. The molecule has 0 N–H and O–H groups in total. The number of nitrogens with zero attached hydrogens (tertiary/aromatic N) is 3. The van der Waals surface area contributed by atoms with Gasteiger partial charge in [0, 0.05) is 19.7 Å². The fourth-order valence-corrected chi connectivity index (χ4v) is 2.89. The average molecular weight is 303 g/mol. The van der Waals surface area contributed by atoms with Gasteiger partial charge in [-0.1, -0.05) is 0 Å². The van der Waals surface area contributed by atoms with Crippen LogP contribution in [-0.4, -0.2) is 33.5 Å². The number of hydrogen-bond acceptors (Lipinski definition) is 4. The second-order valence-electron chi connectivity index (χ2n) is 5.42. The van der Waals surface area contributed by atoms with Crippen molar-refractivity contribution in [3.63, 3.8) is 0 Å². The molecule has 22 heavy (non-hydrogen) atoms. The molecule has 118 valence electrons. The number of carbonyl (C=O) groups excluding carboxylic acids is 1. The van der Waals surface area contributed by atoms with Crippen molar-refractivity contribution in [2.45, 2.75) is 39.5 Å². The van der Waals surface area contributed by atoms with E-state index in [1.807, 2.05) is 31.0 Å². The van der Waals surface area contributed by atoms with Crippen LogP contribution in [0.1, 0.15) is 37.2 Å². The summed E-state index contributed by atoms with van der Waals surface area (Å²) >= 11 is 0. The monoisotopic (exact) mass is 303 g/mol. The van der Waals surface area contributed by atoms with Crippen LogP contribution in [0.5, 0.6) is 0 Å². The third kappa shape index (κ3) is 2.78. The van der Waals surface area contributed by atoms with Crippen LogP contribution >= 0.6 is 0 Å². The van der Waals surface area contributed by atoms with Gasteiger partial charge in [-0.15, -0.1) is 0 Å². The number of ether oxygens (including phenoxy) is 1. The summed E-state index contributed by atoms with van der Waals surface area (Å²) in [6, 6.07) is 3.59. The minimum absolute atomic E-state index is 0.0356. The molecule has 0 saturated heterocycles. The van der Waals surface area contributed by atoms with Crippen molar-refractivity contribution in [1.29, 1.82) is 0 Å². The molecule has 0 bridgehead atoms. The molecule has 0 aromatic carbocycles. The summed E-state index contributed by atoms with van der Waals surface area (Å²) in [5, 5.41) is 0. The number of rotatable bonds is 5. The Labute approximate surface area is 129 Å². The lowest BCUT2D eigenvalue weighted by Crippen LogP contribution is -2.42. The van der Waals surface area contributed by atoms with Gasteiger partial charge in [-0.2, -0.15) is 0 Å². The van der Waals surface area contributed by atoms with Crippen LogP contribution in [0.2, 0.25) is 0 Å². The van der Waals surface area contributed by atoms with E-state index < -0.39 is 0 Å². The van der Waals surface area contributed by atoms with E-state index >= 15 is 0 Å². The predicted octanol–water partition coefficient (Wildman–Crippen LogP) is 2.16. The highest BCUT2D eigenvalue weighted by molar-refractivity contribution is 5.78. The highest BCUT2D eigenvalue weighted by Gasteiger charge is 2.30. The Morgan fingerprint density at radius 3 is 3.09 bits per heavy atom. The highest BCUT2D eigenvalue weighted by atomic mass is 16.5. The van der Waals surface area contributed by atoms with Gasteiger partial charge in [-0.05, 0) is 26.0 Å². The molecule has 6 nitrogen and oxygen atoms in total. The molecule has 2 aromatic heterocycles. The molecule has 1 atom stereocenters. The summed E-state index contributed by atoms with van der Waals surface area (Å²) in [5.41, 5.74) is 1.07. The predicted molar refractivity (Wildman–Crippen MR) is 80.1 cm³/mol. The van der Waals surface area contributed by atoms with Crippen LogP contribution in [0.3, 0.4) is 0 Å². The molecule has 0 spiro atoms. The Kier molecular flexibility index (Phi) is 4.29. The van der Waals surface area contributed by atoms with Gasteiger partial charge in [-0.25, -0.2) is 4.98 Å². The van der Waals surface area contributed by atoms with Crippen molar-refractivity contribution in [3.05, 3.63) is 41.9 Å². The first-order chi connectivity index (χ1) is 10.7. The van der Waals surface area contributed by atoms with Gasteiger partial charge in [0.05, 0.1) is 37.2 Å². The average Bonchev–Trinajstić information content (AvgIpc) is 3.15. The van der Waals surface area contributed by atoms with E-state index in [9.17, 15) is 4.79 Å². The Morgan fingerprint density at radius 2 is 2.36 bits per heavy atom. The van der Waals surface area contributed by atoms with Gasteiger partial charge in [0.2, 0.25) is 5.91 Å². The van der Waals surface area contributed by atoms with Crippen LogP contribution in [0.25, 0.3) is 0 Å². The first kappa shape index (κ1) is 14.8. The Bertz CT molecular complexity index is 633. The summed E-state index contributed by atoms with van der Waals surface area (Å²) in [7, 11) is 0. The molecule has 1 aliphatic heterocycles. The smallest absolute Gasteiger partial charge is 0.230 e. The van der Waals surface area contributed by atoms with E-state index in [1.165, 1.54) is 0 Å². The van der Waals surface area contributed by atoms with Crippen LogP contribution < -0.4 is 0 Å². The Balaban J connectivity index is 1.72. The van der Waals surface area contributed by atoms with Crippen molar-refractivity contribution < 1.29 is 13.9 Å². The summed E-state index contributed by atoms with van der Waals surface area (Å²) in [6.07, 6.45) is 3.74. The molecule has 1 aliphatic rings. The lowest BCUT2D eigenvalue weighted by atomic mass is 10.1. The van der Waals surface area contributed by atoms with Crippen LogP contribution in [0.4, 0.5) is 0 Å². The quantitative estimate of drug-likeness (QED) is 0.849. The molecule has 3 heterocycles. The highest BCUT2D eigenvalue weighted by Crippen LogP contribution is 2.26. The zero-order chi connectivity index (χ0) is 15.5. The number of furan rings is 1. The van der Waals surface area contributed by atoms with Crippen molar-refractivity contribution in [1.82, 2.24) is 14.5 Å². The van der Waals surface area contributed by atoms with Crippen LogP contribution in [0, 0.1) is 0 Å². The van der Waals surface area contributed by atoms with Gasteiger partial charge in [0.25, 0.3) is 0 Å². The lowest BCUT2D eigenvalue weighted by molar-refractivity contribution is -0.134. The summed E-state index contributed by atoms with van der Waals surface area (Å²) in [4.78, 5) is 18.8. The van der Waals surface area contributed by atoms with Gasteiger partial charge in [-0.3, -0.25) is 4.79 Å². The molecule has 0 saturated carbocycles. The van der Waals surface area contributed by atoms with Crippen molar-refractivity contribution >= 4 is 5.91 Å². The molecule has 2 aromatic rings. The lowest BCUT2D eigenvalue weighted by Gasteiger charge is -2.34. The summed E-state index contributed by atoms with van der Waals surface area (Å²) in [6.45, 7) is 6.68. The standard InChI is InChI=1S/C16H21N3O3/c1-3-21-11-13-10-17-16-12(2)18(6-7-19(13)16)15(20)9-14-5-4-8-22-14/h4-5,8,10,12H,3,6-7,9,11H2,1-2H3/t12-/m0/s1. The maximum atomic E-state index is 12.5. The molecule has 0 fully saturated rings. The van der Waals surface area contributed by atoms with Crippen LogP contribution in [0.15, 0.2) is 29.0 Å². The Hall–Kier alpha value is -2.08. The SMILES string of the molecule is CCOCc1cnc2n1CCN(C(=O)Cc1ccco1)[C@H]2C. The fraction of sp³-hybridized carbons (Fsp3) is 0.500. The third-order valence-electron chi connectivity index (χ3n) is 4.05. The normalized spacial score (nSPS) is 17.5. The molecule has 0 unspecified atom stereocenters. The van der Waals surface area contributed by atoms with Gasteiger partial charge in [0.1, 0.15) is 11.6 Å².